The third-order valence-corrected chi connectivity index (χ3v) is 3.66. The van der Waals surface area contributed by atoms with E-state index in [0.717, 1.165) is 17.8 Å². The molecule has 4 nitrogen and oxygen atoms in total. The summed E-state index contributed by atoms with van der Waals surface area (Å²) in [7, 11) is 1.80. The second kappa shape index (κ2) is 5.98. The lowest BCUT2D eigenvalue weighted by Gasteiger charge is -2.19. The summed E-state index contributed by atoms with van der Waals surface area (Å²) >= 11 is 9.08. The molecule has 0 amide bonds. The molecule has 0 aliphatic heterocycles. The average Bonchev–Trinajstić information content (AvgIpc) is 2.70. The number of hydrogen-bond donors (Lipinski definition) is 1. The van der Waals surface area contributed by atoms with Crippen LogP contribution in [0.2, 0.25) is 5.02 Å². The second-order valence-electron chi connectivity index (χ2n) is 4.05. The minimum atomic E-state index is -0.437. The highest BCUT2D eigenvalue weighted by Gasteiger charge is 2.22. The SMILES string of the molecule is CCNC(c1ccc(Cl)c(F)c1)c1c(Br)nnn1C. The first-order valence-corrected chi connectivity index (χ1v) is 6.95. The molecule has 1 aromatic heterocycles. The van der Waals surface area contributed by atoms with Crippen molar-refractivity contribution in [2.75, 3.05) is 6.54 Å². The Kier molecular flexibility index (Phi) is 4.54. The number of benzene rings is 1. The van der Waals surface area contributed by atoms with E-state index in [1.165, 1.54) is 6.07 Å². The van der Waals surface area contributed by atoms with Gasteiger partial charge in [-0.15, -0.1) is 5.10 Å². The van der Waals surface area contributed by atoms with Crippen LogP contribution in [0.25, 0.3) is 0 Å². The van der Waals surface area contributed by atoms with E-state index in [0.29, 0.717) is 4.60 Å². The fourth-order valence-electron chi connectivity index (χ4n) is 1.91. The van der Waals surface area contributed by atoms with Gasteiger partial charge in [0.25, 0.3) is 0 Å². The molecule has 0 aliphatic rings. The number of nitrogens with one attached hydrogen (secondary N) is 1. The van der Waals surface area contributed by atoms with Crippen LogP contribution in [0.15, 0.2) is 22.8 Å². The van der Waals surface area contributed by atoms with Crippen LogP contribution < -0.4 is 5.32 Å². The van der Waals surface area contributed by atoms with Crippen LogP contribution in [-0.4, -0.2) is 21.5 Å². The fourth-order valence-corrected chi connectivity index (χ4v) is 2.59. The summed E-state index contributed by atoms with van der Waals surface area (Å²) in [6.07, 6.45) is 0. The van der Waals surface area contributed by atoms with E-state index >= 15 is 0 Å². The Morgan fingerprint density at radius 1 is 1.53 bits per heavy atom. The molecule has 1 aromatic carbocycles. The lowest BCUT2D eigenvalue weighted by atomic mass is 10.0. The molecular weight excluding hydrogens is 335 g/mol. The number of rotatable bonds is 4. The van der Waals surface area contributed by atoms with Gasteiger partial charge in [-0.1, -0.05) is 29.8 Å². The van der Waals surface area contributed by atoms with E-state index in [2.05, 4.69) is 31.6 Å². The number of halogens is 3. The molecule has 7 heteroatoms. The van der Waals surface area contributed by atoms with Crippen molar-refractivity contribution in [3.63, 3.8) is 0 Å². The third kappa shape index (κ3) is 2.96. The topological polar surface area (TPSA) is 42.7 Å². The van der Waals surface area contributed by atoms with Gasteiger partial charge in [0.05, 0.1) is 16.8 Å². The standard InChI is InChI=1S/C12H13BrClFN4/c1-3-16-10(11-12(13)17-18-19(11)2)7-4-5-8(14)9(15)6-7/h4-6,10,16H,3H2,1-2H3. The lowest BCUT2D eigenvalue weighted by Crippen LogP contribution is -2.24. The summed E-state index contributed by atoms with van der Waals surface area (Å²) in [6.45, 7) is 2.71. The summed E-state index contributed by atoms with van der Waals surface area (Å²) < 4.78 is 15.9. The summed E-state index contributed by atoms with van der Waals surface area (Å²) in [6, 6.07) is 4.56. The van der Waals surface area contributed by atoms with Gasteiger partial charge in [-0.05, 0) is 40.2 Å². The van der Waals surface area contributed by atoms with Crippen LogP contribution in [0.1, 0.15) is 24.2 Å². The maximum Gasteiger partial charge on any atom is 0.153 e. The van der Waals surface area contributed by atoms with Gasteiger partial charge in [0.1, 0.15) is 5.82 Å². The van der Waals surface area contributed by atoms with Crippen molar-refractivity contribution < 1.29 is 4.39 Å². The molecule has 0 bridgehead atoms. The van der Waals surface area contributed by atoms with Crippen LogP contribution in [0.4, 0.5) is 4.39 Å². The van der Waals surface area contributed by atoms with Crippen molar-refractivity contribution in [2.24, 2.45) is 7.05 Å². The van der Waals surface area contributed by atoms with Crippen molar-refractivity contribution >= 4 is 27.5 Å². The van der Waals surface area contributed by atoms with Gasteiger partial charge in [-0.3, -0.25) is 0 Å². The summed E-state index contributed by atoms with van der Waals surface area (Å²) in [5, 5.41) is 11.3. The first-order valence-electron chi connectivity index (χ1n) is 5.78. The number of nitrogens with zero attached hydrogens (tertiary/aromatic N) is 3. The Labute approximate surface area is 124 Å². The molecule has 0 fully saturated rings. The van der Waals surface area contributed by atoms with E-state index in [1.54, 1.807) is 23.9 Å². The van der Waals surface area contributed by atoms with Crippen LogP contribution in [0.3, 0.4) is 0 Å². The van der Waals surface area contributed by atoms with Gasteiger partial charge < -0.3 is 5.32 Å². The van der Waals surface area contributed by atoms with Crippen LogP contribution in [0.5, 0.6) is 0 Å². The minimum Gasteiger partial charge on any atom is -0.305 e. The number of hydrogen-bond acceptors (Lipinski definition) is 3. The molecule has 0 radical (unpaired) electrons. The summed E-state index contributed by atoms with van der Waals surface area (Å²) in [5.74, 6) is -0.437. The zero-order valence-electron chi connectivity index (χ0n) is 10.5. The molecule has 19 heavy (non-hydrogen) atoms. The van der Waals surface area contributed by atoms with Crippen molar-refractivity contribution in [2.45, 2.75) is 13.0 Å². The van der Waals surface area contributed by atoms with Crippen molar-refractivity contribution in [3.05, 3.63) is 44.9 Å². The molecule has 0 aliphatic carbocycles. The predicted molar refractivity (Wildman–Crippen MR) is 75.6 cm³/mol. The quantitative estimate of drug-likeness (QED) is 0.924. The Hall–Kier alpha value is -0.980. The van der Waals surface area contributed by atoms with E-state index in [9.17, 15) is 4.39 Å². The first-order chi connectivity index (χ1) is 9.04. The van der Waals surface area contributed by atoms with Crippen molar-refractivity contribution in [1.82, 2.24) is 20.3 Å². The first kappa shape index (κ1) is 14.4. The Bertz CT molecular complexity index is 568. The van der Waals surface area contributed by atoms with E-state index in [4.69, 9.17) is 11.6 Å². The van der Waals surface area contributed by atoms with Crippen LogP contribution >= 0.6 is 27.5 Å². The molecule has 1 atom stereocenters. The van der Waals surface area contributed by atoms with Crippen molar-refractivity contribution in [1.29, 1.82) is 0 Å². The molecule has 0 saturated carbocycles. The highest BCUT2D eigenvalue weighted by molar-refractivity contribution is 9.10. The van der Waals surface area contributed by atoms with E-state index in [1.807, 2.05) is 6.92 Å². The van der Waals surface area contributed by atoms with Gasteiger partial charge in [0, 0.05) is 7.05 Å². The molecule has 102 valence electrons. The predicted octanol–water partition coefficient (Wildman–Crippen LogP) is 3.07. The minimum absolute atomic E-state index is 0.112. The zero-order valence-corrected chi connectivity index (χ0v) is 12.8. The lowest BCUT2D eigenvalue weighted by molar-refractivity contribution is 0.560. The molecule has 1 N–H and O–H groups in total. The normalized spacial score (nSPS) is 12.7. The second-order valence-corrected chi connectivity index (χ2v) is 5.21. The van der Waals surface area contributed by atoms with Gasteiger partial charge in [0.2, 0.25) is 0 Å². The van der Waals surface area contributed by atoms with E-state index in [-0.39, 0.29) is 11.1 Å². The van der Waals surface area contributed by atoms with Gasteiger partial charge in [-0.25, -0.2) is 9.07 Å². The molecular formula is C12H13BrClFN4. The average molecular weight is 348 g/mol. The number of aryl methyl sites for hydroxylation is 1. The Morgan fingerprint density at radius 2 is 2.26 bits per heavy atom. The third-order valence-electron chi connectivity index (χ3n) is 2.79. The fraction of sp³-hybridized carbons (Fsp3) is 0.333. The van der Waals surface area contributed by atoms with Gasteiger partial charge in [0.15, 0.2) is 4.60 Å². The Balaban J connectivity index is 2.48. The zero-order chi connectivity index (χ0) is 14.0. The van der Waals surface area contributed by atoms with Crippen molar-refractivity contribution in [3.8, 4) is 0 Å². The maximum atomic E-state index is 13.6. The van der Waals surface area contributed by atoms with Crippen LogP contribution in [0, 0.1) is 5.82 Å². The highest BCUT2D eigenvalue weighted by atomic mass is 79.9. The van der Waals surface area contributed by atoms with E-state index < -0.39 is 5.82 Å². The Morgan fingerprint density at radius 3 is 2.79 bits per heavy atom. The monoisotopic (exact) mass is 346 g/mol. The molecule has 0 spiro atoms. The molecule has 1 unspecified atom stereocenters. The molecule has 1 heterocycles. The smallest absolute Gasteiger partial charge is 0.153 e. The highest BCUT2D eigenvalue weighted by Crippen LogP contribution is 2.28. The molecule has 2 rings (SSSR count). The molecule has 2 aromatic rings. The molecule has 0 saturated heterocycles. The van der Waals surface area contributed by atoms with Gasteiger partial charge in [-0.2, -0.15) is 0 Å². The largest absolute Gasteiger partial charge is 0.305 e. The summed E-state index contributed by atoms with van der Waals surface area (Å²) in [5.41, 5.74) is 1.61. The summed E-state index contributed by atoms with van der Waals surface area (Å²) in [4.78, 5) is 0. The van der Waals surface area contributed by atoms with Gasteiger partial charge >= 0.3 is 0 Å². The number of aromatic nitrogens is 3. The van der Waals surface area contributed by atoms with Crippen LogP contribution in [-0.2, 0) is 7.05 Å². The maximum absolute atomic E-state index is 13.6.